The number of benzene rings is 2. The second kappa shape index (κ2) is 6.77. The van der Waals surface area contributed by atoms with Gasteiger partial charge in [0.15, 0.2) is 0 Å². The molecule has 0 bridgehead atoms. The molecule has 0 spiro atoms. The van der Waals surface area contributed by atoms with Crippen molar-refractivity contribution in [1.29, 1.82) is 0 Å². The number of ether oxygens (including phenoxy) is 1. The first-order valence-corrected chi connectivity index (χ1v) is 7.53. The van der Waals surface area contributed by atoms with Crippen LogP contribution < -0.4 is 10.1 Å². The Balaban J connectivity index is 2.13. The van der Waals surface area contributed by atoms with Crippen LogP contribution in [0.2, 0.25) is 0 Å². The number of hydrogen-bond donors (Lipinski definition) is 1. The highest BCUT2D eigenvalue weighted by molar-refractivity contribution is 5.41. The van der Waals surface area contributed by atoms with Crippen LogP contribution in [-0.4, -0.2) is 6.04 Å². The van der Waals surface area contributed by atoms with Gasteiger partial charge in [-0.15, -0.1) is 0 Å². The fourth-order valence-corrected chi connectivity index (χ4v) is 2.38. The summed E-state index contributed by atoms with van der Waals surface area (Å²) >= 11 is 0. The molecule has 1 N–H and O–H groups in total. The number of aryl methyl sites for hydroxylation is 3. The normalized spacial score (nSPS) is 11.0. The largest absolute Gasteiger partial charge is 0.457 e. The predicted molar refractivity (Wildman–Crippen MR) is 89.1 cm³/mol. The van der Waals surface area contributed by atoms with E-state index in [2.05, 4.69) is 76.3 Å². The third-order valence-corrected chi connectivity index (χ3v) is 3.38. The molecule has 2 rings (SSSR count). The lowest BCUT2D eigenvalue weighted by molar-refractivity contribution is 0.477. The van der Waals surface area contributed by atoms with E-state index in [1.807, 2.05) is 0 Å². The van der Waals surface area contributed by atoms with Crippen molar-refractivity contribution in [2.45, 2.75) is 47.2 Å². The molecule has 0 aromatic heterocycles. The molecule has 0 saturated carbocycles. The molecule has 0 aliphatic heterocycles. The zero-order valence-electron chi connectivity index (χ0n) is 13.7. The zero-order valence-corrected chi connectivity index (χ0v) is 13.7. The average molecular weight is 283 g/mol. The van der Waals surface area contributed by atoms with Crippen LogP contribution in [0, 0.1) is 20.8 Å². The second-order valence-electron chi connectivity index (χ2n) is 6.06. The molecule has 0 fully saturated rings. The Morgan fingerprint density at radius 1 is 0.952 bits per heavy atom. The van der Waals surface area contributed by atoms with Crippen LogP contribution in [0.5, 0.6) is 11.5 Å². The van der Waals surface area contributed by atoms with Gasteiger partial charge in [-0.3, -0.25) is 0 Å². The summed E-state index contributed by atoms with van der Waals surface area (Å²) in [5.74, 6) is 1.83. The lowest BCUT2D eigenvalue weighted by atomic mass is 10.1. The lowest BCUT2D eigenvalue weighted by Crippen LogP contribution is -2.21. The summed E-state index contributed by atoms with van der Waals surface area (Å²) < 4.78 is 6.03. The van der Waals surface area contributed by atoms with E-state index in [1.165, 1.54) is 16.7 Å². The van der Waals surface area contributed by atoms with Gasteiger partial charge < -0.3 is 10.1 Å². The van der Waals surface area contributed by atoms with Crippen LogP contribution in [-0.2, 0) is 6.54 Å². The Bertz CT molecular complexity index is 597. The van der Waals surface area contributed by atoms with Crippen molar-refractivity contribution in [3.63, 3.8) is 0 Å². The molecule has 0 heterocycles. The van der Waals surface area contributed by atoms with Gasteiger partial charge >= 0.3 is 0 Å². The van der Waals surface area contributed by atoms with Crippen LogP contribution in [0.25, 0.3) is 0 Å². The molecule has 0 atom stereocenters. The molecule has 0 aliphatic rings. The van der Waals surface area contributed by atoms with Gasteiger partial charge in [0.1, 0.15) is 11.5 Å². The molecule has 2 nitrogen and oxygen atoms in total. The third-order valence-electron chi connectivity index (χ3n) is 3.38. The van der Waals surface area contributed by atoms with Crippen LogP contribution in [0.3, 0.4) is 0 Å². The van der Waals surface area contributed by atoms with Crippen LogP contribution >= 0.6 is 0 Å². The first kappa shape index (κ1) is 15.6. The van der Waals surface area contributed by atoms with E-state index < -0.39 is 0 Å². The minimum Gasteiger partial charge on any atom is -0.457 e. The summed E-state index contributed by atoms with van der Waals surface area (Å²) in [6.45, 7) is 11.5. The number of nitrogens with one attached hydrogen (secondary N) is 1. The number of hydrogen-bond acceptors (Lipinski definition) is 2. The van der Waals surface area contributed by atoms with Gasteiger partial charge in [-0.25, -0.2) is 0 Å². The SMILES string of the molecule is Cc1cc(C)cc(Oc2ccc(CNC(C)C)cc2C)c1. The van der Waals surface area contributed by atoms with Crippen molar-refractivity contribution in [3.8, 4) is 11.5 Å². The smallest absolute Gasteiger partial charge is 0.130 e. The maximum Gasteiger partial charge on any atom is 0.130 e. The van der Waals surface area contributed by atoms with Gasteiger partial charge in [0.25, 0.3) is 0 Å². The van der Waals surface area contributed by atoms with Crippen LogP contribution in [0.4, 0.5) is 0 Å². The predicted octanol–water partition coefficient (Wildman–Crippen LogP) is 4.90. The van der Waals surface area contributed by atoms with Crippen molar-refractivity contribution in [2.24, 2.45) is 0 Å². The molecule has 0 aliphatic carbocycles. The summed E-state index contributed by atoms with van der Waals surface area (Å²) in [4.78, 5) is 0. The van der Waals surface area contributed by atoms with E-state index >= 15 is 0 Å². The van der Waals surface area contributed by atoms with Gasteiger partial charge in [-0.2, -0.15) is 0 Å². The molecule has 0 radical (unpaired) electrons. The van der Waals surface area contributed by atoms with E-state index in [0.29, 0.717) is 6.04 Å². The Labute approximate surface area is 128 Å². The van der Waals surface area contributed by atoms with Gasteiger partial charge in [0.2, 0.25) is 0 Å². The Morgan fingerprint density at radius 3 is 2.19 bits per heavy atom. The molecule has 2 aromatic rings. The van der Waals surface area contributed by atoms with Crippen molar-refractivity contribution in [3.05, 3.63) is 58.7 Å². The third kappa shape index (κ3) is 4.61. The summed E-state index contributed by atoms with van der Waals surface area (Å²) in [6.07, 6.45) is 0. The van der Waals surface area contributed by atoms with E-state index in [4.69, 9.17) is 4.74 Å². The minimum atomic E-state index is 0.497. The maximum atomic E-state index is 6.03. The fraction of sp³-hybridized carbons (Fsp3) is 0.368. The summed E-state index contributed by atoms with van der Waals surface area (Å²) in [7, 11) is 0. The minimum absolute atomic E-state index is 0.497. The summed E-state index contributed by atoms with van der Waals surface area (Å²) in [5.41, 5.74) is 4.90. The fourth-order valence-electron chi connectivity index (χ4n) is 2.38. The topological polar surface area (TPSA) is 21.3 Å². The first-order chi connectivity index (χ1) is 9.94. The Morgan fingerprint density at radius 2 is 1.62 bits per heavy atom. The molecule has 0 amide bonds. The zero-order chi connectivity index (χ0) is 15.4. The Kier molecular flexibility index (Phi) is 5.03. The van der Waals surface area contributed by atoms with E-state index in [0.717, 1.165) is 23.6 Å². The highest BCUT2D eigenvalue weighted by Gasteiger charge is 2.04. The van der Waals surface area contributed by atoms with Crippen molar-refractivity contribution < 1.29 is 4.74 Å². The summed E-state index contributed by atoms with van der Waals surface area (Å²) in [6, 6.07) is 13.2. The summed E-state index contributed by atoms with van der Waals surface area (Å²) in [5, 5.41) is 3.43. The molecular formula is C19H25NO. The van der Waals surface area contributed by atoms with Gasteiger partial charge in [0.05, 0.1) is 0 Å². The van der Waals surface area contributed by atoms with Crippen molar-refractivity contribution in [2.75, 3.05) is 0 Å². The monoisotopic (exact) mass is 283 g/mol. The van der Waals surface area contributed by atoms with Gasteiger partial charge in [0, 0.05) is 12.6 Å². The Hall–Kier alpha value is -1.80. The lowest BCUT2D eigenvalue weighted by Gasteiger charge is -2.13. The van der Waals surface area contributed by atoms with Crippen LogP contribution in [0.15, 0.2) is 36.4 Å². The molecular weight excluding hydrogens is 258 g/mol. The standard InChI is InChI=1S/C19H25NO/c1-13(2)20-12-17-6-7-19(16(5)11-17)21-18-9-14(3)8-15(4)10-18/h6-11,13,20H,12H2,1-5H3. The number of rotatable bonds is 5. The van der Waals surface area contributed by atoms with Crippen molar-refractivity contribution >= 4 is 0 Å². The average Bonchev–Trinajstić information content (AvgIpc) is 2.38. The second-order valence-corrected chi connectivity index (χ2v) is 6.06. The van der Waals surface area contributed by atoms with E-state index in [9.17, 15) is 0 Å². The van der Waals surface area contributed by atoms with Crippen molar-refractivity contribution in [1.82, 2.24) is 5.32 Å². The maximum absolute atomic E-state index is 6.03. The van der Waals surface area contributed by atoms with Gasteiger partial charge in [-0.1, -0.05) is 32.0 Å². The molecule has 0 saturated heterocycles. The molecule has 112 valence electrons. The van der Waals surface area contributed by atoms with Gasteiger partial charge in [-0.05, 0) is 61.2 Å². The molecule has 0 unspecified atom stereocenters. The van der Waals surface area contributed by atoms with E-state index in [-0.39, 0.29) is 0 Å². The highest BCUT2D eigenvalue weighted by atomic mass is 16.5. The quantitative estimate of drug-likeness (QED) is 0.842. The first-order valence-electron chi connectivity index (χ1n) is 7.53. The molecule has 2 heteroatoms. The highest BCUT2D eigenvalue weighted by Crippen LogP contribution is 2.27. The molecule has 21 heavy (non-hydrogen) atoms. The van der Waals surface area contributed by atoms with Crippen LogP contribution in [0.1, 0.15) is 36.1 Å². The molecule has 2 aromatic carbocycles. The van der Waals surface area contributed by atoms with E-state index in [1.54, 1.807) is 0 Å².